The van der Waals surface area contributed by atoms with E-state index in [0.29, 0.717) is 12.0 Å². The Morgan fingerprint density at radius 3 is 1.28 bits per heavy atom. The van der Waals surface area contributed by atoms with Gasteiger partial charge in [0, 0.05) is 43.2 Å². The van der Waals surface area contributed by atoms with Gasteiger partial charge in [0.15, 0.2) is 17.9 Å². The lowest BCUT2D eigenvalue weighted by atomic mass is 9.99. The van der Waals surface area contributed by atoms with Gasteiger partial charge < -0.3 is 82.8 Å². The minimum atomic E-state index is -1.31. The van der Waals surface area contributed by atoms with Crippen molar-refractivity contribution in [3.63, 3.8) is 0 Å². The van der Waals surface area contributed by atoms with Crippen molar-refractivity contribution in [1.82, 2.24) is 36.9 Å². The number of hydrogen-bond acceptors (Lipinski definition) is 11. The fourth-order valence-electron chi connectivity index (χ4n) is 7.72. The average molecular weight is 1010 g/mol. The van der Waals surface area contributed by atoms with Crippen LogP contribution in [0.25, 0.3) is 10.9 Å². The Labute approximate surface area is 421 Å². The van der Waals surface area contributed by atoms with E-state index in [-0.39, 0.29) is 113 Å². The number of hydrogen-bond donors (Lipinski definition) is 15. The molecular formula is C47H82N18O7. The standard InChI is InChI=1S/C47H82N18O7/c1-25(2)20-30(48)39(67)60-32(14-9-17-56-45(50)51)42(70)65-37(23-28-24-59-31-13-8-7-12-29(28)31)44(72)64-36(22-27(5)6)43(71)62-33(15-10-18-57-46(52)53)40(68)61-34(16-11-19-58-47(54)55)41(69)63-35(38(49)66)21-26(3)4/h7-8,12-13,24-27,30,32-37,59H,9-11,14-23,48H2,1-6H3,(H2,49,66)(H,60,67)(H,61,68)(H,62,71)(H,63,69)(H,64,72)(H,65,70)(H4,50,51,56)(H4,52,53,57)(H4,54,55,58)/t30-,32-,33-,34-,35-,36-,37-/m0/s1. The smallest absolute Gasteiger partial charge is 0.243 e. The molecule has 23 N–H and O–H groups in total. The van der Waals surface area contributed by atoms with Crippen LogP contribution in [0.1, 0.15) is 105 Å². The predicted octanol–water partition coefficient (Wildman–Crippen LogP) is -2.27. The highest BCUT2D eigenvalue weighted by Crippen LogP contribution is 2.20. The molecule has 7 atom stereocenters. The first-order valence-electron chi connectivity index (χ1n) is 24.5. The lowest BCUT2D eigenvalue weighted by Gasteiger charge is -2.28. The molecule has 25 heteroatoms. The van der Waals surface area contributed by atoms with Crippen molar-refractivity contribution in [2.24, 2.45) is 78.6 Å². The van der Waals surface area contributed by atoms with Crippen LogP contribution in [0.3, 0.4) is 0 Å². The van der Waals surface area contributed by atoms with Crippen molar-refractivity contribution in [2.75, 3.05) is 19.6 Å². The van der Waals surface area contributed by atoms with Gasteiger partial charge in [-0.2, -0.15) is 0 Å². The fourth-order valence-corrected chi connectivity index (χ4v) is 7.72. The zero-order valence-electron chi connectivity index (χ0n) is 42.7. The summed E-state index contributed by atoms with van der Waals surface area (Å²) in [6.45, 7) is 11.5. The SMILES string of the molecule is CC(C)C[C@H](NC(=O)[C@H](CCCN=C(N)N)NC(=O)[C@H](CCCN=C(N)N)NC(=O)[C@H](CC(C)C)NC(=O)[C@H](Cc1c[nH]c2ccccc12)NC(=O)[C@H](CCCN=C(N)N)NC(=O)[C@@H](N)CC(C)C)C(N)=O. The number of benzene rings is 1. The molecule has 0 spiro atoms. The third kappa shape index (κ3) is 23.2. The first kappa shape index (κ1) is 60.9. The maximum absolute atomic E-state index is 14.6. The van der Waals surface area contributed by atoms with Crippen molar-refractivity contribution in [3.05, 3.63) is 36.0 Å². The fraction of sp³-hybridized carbons (Fsp3) is 0.617. The monoisotopic (exact) mass is 1010 g/mol. The molecule has 7 amide bonds. The summed E-state index contributed by atoms with van der Waals surface area (Å²) in [4.78, 5) is 112. The summed E-state index contributed by atoms with van der Waals surface area (Å²) >= 11 is 0. The number of fused-ring (bicyclic) bond motifs is 1. The Hall–Kier alpha value is -7.18. The molecular weight excluding hydrogens is 929 g/mol. The van der Waals surface area contributed by atoms with Gasteiger partial charge in [-0.1, -0.05) is 59.7 Å². The second-order valence-electron chi connectivity index (χ2n) is 19.2. The number of amides is 7. The van der Waals surface area contributed by atoms with Crippen LogP contribution < -0.4 is 77.8 Å². The van der Waals surface area contributed by atoms with Crippen LogP contribution >= 0.6 is 0 Å². The number of para-hydroxylation sites is 1. The second kappa shape index (κ2) is 31.2. The van der Waals surface area contributed by atoms with Gasteiger partial charge in [0.25, 0.3) is 0 Å². The van der Waals surface area contributed by atoms with Gasteiger partial charge in [0.05, 0.1) is 6.04 Å². The number of primary amides is 1. The summed E-state index contributed by atoms with van der Waals surface area (Å²) in [5.74, 6) is -5.60. The van der Waals surface area contributed by atoms with Crippen molar-refractivity contribution in [2.45, 2.75) is 148 Å². The van der Waals surface area contributed by atoms with Gasteiger partial charge in [-0.3, -0.25) is 48.5 Å². The number of aromatic nitrogens is 1. The van der Waals surface area contributed by atoms with Gasteiger partial charge in [-0.25, -0.2) is 0 Å². The minimum Gasteiger partial charge on any atom is -0.370 e. The number of guanidine groups is 3. The first-order chi connectivity index (χ1) is 33.9. The Bertz CT molecular complexity index is 2180. The normalized spacial score (nSPS) is 14.1. The van der Waals surface area contributed by atoms with Gasteiger partial charge >= 0.3 is 0 Å². The van der Waals surface area contributed by atoms with Gasteiger partial charge in [0.2, 0.25) is 41.4 Å². The van der Waals surface area contributed by atoms with E-state index in [1.54, 1.807) is 6.20 Å². The van der Waals surface area contributed by atoms with Crippen LogP contribution in [0.15, 0.2) is 45.4 Å². The van der Waals surface area contributed by atoms with Crippen LogP contribution in [0.2, 0.25) is 0 Å². The summed E-state index contributed by atoms with van der Waals surface area (Å²) in [5, 5.41) is 17.3. The predicted molar refractivity (Wildman–Crippen MR) is 279 cm³/mol. The Morgan fingerprint density at radius 2 is 0.847 bits per heavy atom. The molecule has 0 aliphatic carbocycles. The zero-order chi connectivity index (χ0) is 54.1. The number of nitrogens with two attached hydrogens (primary N) is 8. The van der Waals surface area contributed by atoms with Gasteiger partial charge in [-0.05, 0) is 87.2 Å². The third-order valence-corrected chi connectivity index (χ3v) is 11.2. The lowest BCUT2D eigenvalue weighted by Crippen LogP contribution is -2.60. The van der Waals surface area contributed by atoms with Crippen molar-refractivity contribution in [3.8, 4) is 0 Å². The molecule has 402 valence electrons. The molecule has 0 saturated carbocycles. The van der Waals surface area contributed by atoms with Crippen molar-refractivity contribution in [1.29, 1.82) is 0 Å². The molecule has 0 saturated heterocycles. The quantitative estimate of drug-likeness (QED) is 0.0204. The topological polar surface area (TPSA) is 453 Å². The number of aliphatic imine (C=N–C) groups is 3. The molecule has 25 nitrogen and oxygen atoms in total. The molecule has 0 aliphatic heterocycles. The number of aromatic amines is 1. The van der Waals surface area contributed by atoms with E-state index in [9.17, 15) is 33.6 Å². The lowest BCUT2D eigenvalue weighted by molar-refractivity contribution is -0.135. The minimum absolute atomic E-state index is 0.0155. The van der Waals surface area contributed by atoms with Crippen LogP contribution in [0.4, 0.5) is 0 Å². The summed E-state index contributed by atoms with van der Waals surface area (Å²) in [5.41, 5.74) is 46.4. The number of nitrogens with one attached hydrogen (secondary N) is 7. The number of carbonyl (C=O) groups excluding carboxylic acids is 7. The van der Waals surface area contributed by atoms with Crippen molar-refractivity contribution >= 4 is 70.1 Å². The highest BCUT2D eigenvalue weighted by molar-refractivity contribution is 5.97. The van der Waals surface area contributed by atoms with E-state index in [0.717, 1.165) is 10.9 Å². The maximum Gasteiger partial charge on any atom is 0.243 e. The molecule has 0 unspecified atom stereocenters. The molecule has 0 fully saturated rings. The van der Waals surface area contributed by atoms with Gasteiger partial charge in [0.1, 0.15) is 36.3 Å². The molecule has 2 rings (SSSR count). The van der Waals surface area contributed by atoms with E-state index in [4.69, 9.17) is 45.9 Å². The molecule has 1 aromatic carbocycles. The van der Waals surface area contributed by atoms with E-state index in [2.05, 4.69) is 51.9 Å². The van der Waals surface area contributed by atoms with E-state index < -0.39 is 83.6 Å². The molecule has 1 aromatic heterocycles. The maximum atomic E-state index is 14.6. The summed E-state index contributed by atoms with van der Waals surface area (Å²) in [6, 6.07) is -0.843. The molecule has 2 aromatic rings. The number of nitrogens with zero attached hydrogens (tertiary/aromatic N) is 3. The molecule has 0 aliphatic rings. The highest BCUT2D eigenvalue weighted by atomic mass is 16.2. The average Bonchev–Trinajstić information content (AvgIpc) is 3.69. The van der Waals surface area contributed by atoms with Gasteiger partial charge in [-0.15, -0.1) is 0 Å². The third-order valence-electron chi connectivity index (χ3n) is 11.2. The summed E-state index contributed by atoms with van der Waals surface area (Å²) in [6.07, 6.45) is 3.14. The Balaban J connectivity index is 2.57. The van der Waals surface area contributed by atoms with Crippen LogP contribution in [0.5, 0.6) is 0 Å². The van der Waals surface area contributed by atoms with E-state index in [1.165, 1.54) is 0 Å². The number of H-pyrrole nitrogens is 1. The summed E-state index contributed by atoms with van der Waals surface area (Å²) in [7, 11) is 0. The zero-order valence-corrected chi connectivity index (χ0v) is 42.7. The van der Waals surface area contributed by atoms with Crippen molar-refractivity contribution < 1.29 is 33.6 Å². The highest BCUT2D eigenvalue weighted by Gasteiger charge is 2.34. The van der Waals surface area contributed by atoms with Crippen LogP contribution in [-0.2, 0) is 40.0 Å². The van der Waals surface area contributed by atoms with E-state index in [1.807, 2.05) is 65.8 Å². The largest absolute Gasteiger partial charge is 0.370 e. The molecule has 72 heavy (non-hydrogen) atoms. The molecule has 0 bridgehead atoms. The Morgan fingerprint density at radius 1 is 0.486 bits per heavy atom. The molecule has 0 radical (unpaired) electrons. The number of rotatable bonds is 33. The van der Waals surface area contributed by atoms with E-state index >= 15 is 0 Å². The Kier molecular flexibility index (Phi) is 26.4. The van der Waals surface area contributed by atoms with Crippen LogP contribution in [-0.4, -0.2) is 126 Å². The van der Waals surface area contributed by atoms with Crippen LogP contribution in [0, 0.1) is 17.8 Å². The summed E-state index contributed by atoms with van der Waals surface area (Å²) < 4.78 is 0. The number of carbonyl (C=O) groups is 7. The molecule has 1 heterocycles. The first-order valence-corrected chi connectivity index (χ1v) is 24.5. The second-order valence-corrected chi connectivity index (χ2v) is 19.2.